The standard InChI is InChI=1S/C29H29N3O5S/c33-25(23(16-20-10-4-1-5-11-20)31-27(36)21-12-6-2-7-13-21)17-30-24-19-38-29(22-14-8-3-9-15-22)32(28(24)37)18-26(34)35/h1-15,23-24,29-30H,16-19H2,(H,31,36)(H,34,35)/t23?,24-,29-/m1/s1. The van der Waals surface area contributed by atoms with Crippen LogP contribution in [-0.4, -0.2) is 64.5 Å². The van der Waals surface area contributed by atoms with Gasteiger partial charge in [0.2, 0.25) is 5.91 Å². The van der Waals surface area contributed by atoms with Gasteiger partial charge in [-0.3, -0.25) is 24.5 Å². The van der Waals surface area contributed by atoms with Crippen molar-refractivity contribution in [2.75, 3.05) is 18.8 Å². The molecule has 1 fully saturated rings. The van der Waals surface area contributed by atoms with Gasteiger partial charge < -0.3 is 15.3 Å². The quantitative estimate of drug-likeness (QED) is 0.348. The summed E-state index contributed by atoms with van der Waals surface area (Å²) in [5.74, 6) is -1.74. The number of amides is 2. The van der Waals surface area contributed by atoms with Crippen LogP contribution in [0.3, 0.4) is 0 Å². The monoisotopic (exact) mass is 531 g/mol. The molecule has 1 aliphatic heterocycles. The van der Waals surface area contributed by atoms with Gasteiger partial charge in [0.1, 0.15) is 11.9 Å². The molecule has 3 N–H and O–H groups in total. The fourth-order valence-corrected chi connectivity index (χ4v) is 5.63. The Morgan fingerprint density at radius 1 is 0.921 bits per heavy atom. The lowest BCUT2D eigenvalue weighted by Gasteiger charge is -2.38. The van der Waals surface area contributed by atoms with Crippen molar-refractivity contribution < 1.29 is 24.3 Å². The number of thioether (sulfide) groups is 1. The third-order valence-corrected chi connectivity index (χ3v) is 7.58. The zero-order valence-electron chi connectivity index (χ0n) is 20.7. The number of carboxylic acids is 1. The van der Waals surface area contributed by atoms with E-state index in [1.165, 1.54) is 16.7 Å². The summed E-state index contributed by atoms with van der Waals surface area (Å²) in [7, 11) is 0. The number of hydrogen-bond donors (Lipinski definition) is 3. The molecule has 3 atom stereocenters. The van der Waals surface area contributed by atoms with E-state index < -0.39 is 30.0 Å². The Morgan fingerprint density at radius 2 is 1.53 bits per heavy atom. The van der Waals surface area contributed by atoms with Gasteiger partial charge in [0.25, 0.3) is 5.91 Å². The average Bonchev–Trinajstić information content (AvgIpc) is 2.94. The van der Waals surface area contributed by atoms with Crippen molar-refractivity contribution in [2.45, 2.75) is 23.9 Å². The lowest BCUT2D eigenvalue weighted by Crippen LogP contribution is -2.55. The van der Waals surface area contributed by atoms with Crippen molar-refractivity contribution in [1.29, 1.82) is 0 Å². The largest absolute Gasteiger partial charge is 0.480 e. The molecular formula is C29H29N3O5S. The van der Waals surface area contributed by atoms with Gasteiger partial charge in [-0.05, 0) is 29.7 Å². The van der Waals surface area contributed by atoms with Gasteiger partial charge in [0.15, 0.2) is 5.78 Å². The molecule has 0 aromatic heterocycles. The average molecular weight is 532 g/mol. The van der Waals surface area contributed by atoms with E-state index in [0.29, 0.717) is 17.7 Å². The molecule has 196 valence electrons. The van der Waals surface area contributed by atoms with Gasteiger partial charge in [0, 0.05) is 11.3 Å². The Balaban J connectivity index is 1.44. The summed E-state index contributed by atoms with van der Waals surface area (Å²) < 4.78 is 0. The highest BCUT2D eigenvalue weighted by molar-refractivity contribution is 7.99. The predicted molar refractivity (Wildman–Crippen MR) is 146 cm³/mol. The Morgan fingerprint density at radius 3 is 2.16 bits per heavy atom. The molecule has 1 saturated heterocycles. The number of benzene rings is 3. The molecule has 0 saturated carbocycles. The van der Waals surface area contributed by atoms with Gasteiger partial charge in [-0.1, -0.05) is 78.9 Å². The first-order chi connectivity index (χ1) is 18.4. The van der Waals surface area contributed by atoms with Crippen LogP contribution in [0, 0.1) is 0 Å². The van der Waals surface area contributed by atoms with Gasteiger partial charge in [-0.15, -0.1) is 11.8 Å². The second kappa shape index (κ2) is 13.0. The van der Waals surface area contributed by atoms with Gasteiger partial charge >= 0.3 is 5.97 Å². The topological polar surface area (TPSA) is 116 Å². The van der Waals surface area contributed by atoms with Crippen LogP contribution in [0.4, 0.5) is 0 Å². The van der Waals surface area contributed by atoms with Gasteiger partial charge in [0.05, 0.1) is 18.6 Å². The zero-order valence-corrected chi connectivity index (χ0v) is 21.5. The predicted octanol–water partition coefficient (Wildman–Crippen LogP) is 2.91. The highest BCUT2D eigenvalue weighted by Crippen LogP contribution is 2.37. The van der Waals surface area contributed by atoms with Gasteiger partial charge in [-0.25, -0.2) is 0 Å². The molecule has 9 heteroatoms. The highest BCUT2D eigenvalue weighted by atomic mass is 32.2. The smallest absolute Gasteiger partial charge is 0.323 e. The summed E-state index contributed by atoms with van der Waals surface area (Å²) in [5.41, 5.74) is 2.18. The van der Waals surface area contributed by atoms with Crippen LogP contribution < -0.4 is 10.6 Å². The SMILES string of the molecule is O=C(O)CN1C(=O)[C@H](NCC(=O)C(Cc2ccccc2)NC(=O)c2ccccc2)CS[C@@H]1c1ccccc1. The summed E-state index contributed by atoms with van der Waals surface area (Å²) in [6, 6.07) is 25.8. The number of Topliss-reactive ketones (excluding diaryl/α,β-unsaturated/α-hetero) is 1. The van der Waals surface area contributed by atoms with Crippen molar-refractivity contribution in [3.8, 4) is 0 Å². The van der Waals surface area contributed by atoms with Crippen molar-refractivity contribution in [3.63, 3.8) is 0 Å². The fraction of sp³-hybridized carbons (Fsp3) is 0.241. The Hall–Kier alpha value is -3.95. The molecule has 0 radical (unpaired) electrons. The third-order valence-electron chi connectivity index (χ3n) is 6.21. The van der Waals surface area contributed by atoms with Crippen LogP contribution >= 0.6 is 11.8 Å². The second-order valence-corrected chi connectivity index (χ2v) is 10.1. The molecule has 2 amide bonds. The molecule has 38 heavy (non-hydrogen) atoms. The maximum atomic E-state index is 13.3. The van der Waals surface area contributed by atoms with Crippen LogP contribution in [0.2, 0.25) is 0 Å². The molecule has 4 rings (SSSR count). The number of carbonyl (C=O) groups is 4. The third kappa shape index (κ3) is 7.08. The highest BCUT2D eigenvalue weighted by Gasteiger charge is 2.38. The summed E-state index contributed by atoms with van der Waals surface area (Å²) >= 11 is 1.45. The van der Waals surface area contributed by atoms with Crippen LogP contribution in [-0.2, 0) is 20.8 Å². The lowest BCUT2D eigenvalue weighted by molar-refractivity contribution is -0.146. The normalized spacial score (nSPS) is 18.0. The first-order valence-electron chi connectivity index (χ1n) is 12.3. The molecule has 1 heterocycles. The van der Waals surface area contributed by atoms with E-state index in [0.717, 1.165) is 11.1 Å². The zero-order chi connectivity index (χ0) is 26.9. The number of aliphatic carboxylic acids is 1. The molecule has 3 aromatic rings. The number of carbonyl (C=O) groups excluding carboxylic acids is 3. The van der Waals surface area contributed by atoms with Crippen LogP contribution in [0.1, 0.15) is 26.9 Å². The van der Waals surface area contributed by atoms with Crippen molar-refractivity contribution >= 4 is 35.3 Å². The van der Waals surface area contributed by atoms with E-state index in [9.17, 15) is 24.3 Å². The minimum absolute atomic E-state index is 0.152. The summed E-state index contributed by atoms with van der Waals surface area (Å²) in [5, 5.41) is 14.9. The minimum Gasteiger partial charge on any atom is -0.480 e. The number of ketones is 1. The van der Waals surface area contributed by atoms with Crippen LogP contribution in [0.25, 0.3) is 0 Å². The van der Waals surface area contributed by atoms with Crippen LogP contribution in [0.5, 0.6) is 0 Å². The van der Waals surface area contributed by atoms with Crippen molar-refractivity contribution in [3.05, 3.63) is 108 Å². The van der Waals surface area contributed by atoms with E-state index >= 15 is 0 Å². The van der Waals surface area contributed by atoms with Crippen molar-refractivity contribution in [2.24, 2.45) is 0 Å². The van der Waals surface area contributed by atoms with Crippen LogP contribution in [0.15, 0.2) is 91.0 Å². The summed E-state index contributed by atoms with van der Waals surface area (Å²) in [6.07, 6.45) is 0.300. The molecule has 1 unspecified atom stereocenters. The molecule has 1 aliphatic rings. The molecule has 8 nitrogen and oxygen atoms in total. The molecule has 0 aliphatic carbocycles. The Kier molecular flexibility index (Phi) is 9.29. The number of carboxylic acid groups (broad SMARTS) is 1. The van der Waals surface area contributed by atoms with E-state index in [-0.39, 0.29) is 24.1 Å². The maximum Gasteiger partial charge on any atom is 0.323 e. The number of nitrogens with one attached hydrogen (secondary N) is 2. The fourth-order valence-electron chi connectivity index (χ4n) is 4.28. The van der Waals surface area contributed by atoms with E-state index in [1.54, 1.807) is 24.3 Å². The Bertz CT molecular complexity index is 1260. The molecular weight excluding hydrogens is 502 g/mol. The lowest BCUT2D eigenvalue weighted by atomic mass is 10.0. The summed E-state index contributed by atoms with van der Waals surface area (Å²) in [4.78, 5) is 52.3. The summed E-state index contributed by atoms with van der Waals surface area (Å²) in [6.45, 7) is -0.595. The Labute approximate surface area is 225 Å². The van der Waals surface area contributed by atoms with Gasteiger partial charge in [-0.2, -0.15) is 0 Å². The van der Waals surface area contributed by atoms with E-state index in [4.69, 9.17) is 0 Å². The first-order valence-corrected chi connectivity index (χ1v) is 13.3. The number of rotatable bonds is 11. The molecule has 3 aromatic carbocycles. The number of hydrogen-bond acceptors (Lipinski definition) is 6. The minimum atomic E-state index is -1.11. The maximum absolute atomic E-state index is 13.3. The number of nitrogens with zero attached hydrogens (tertiary/aromatic N) is 1. The molecule has 0 spiro atoms. The van der Waals surface area contributed by atoms with E-state index in [1.807, 2.05) is 66.7 Å². The first kappa shape index (κ1) is 27.1. The van der Waals surface area contributed by atoms with E-state index in [2.05, 4.69) is 10.6 Å². The second-order valence-electron chi connectivity index (χ2n) is 8.94. The molecule has 0 bridgehead atoms. The van der Waals surface area contributed by atoms with Crippen molar-refractivity contribution in [1.82, 2.24) is 15.5 Å².